The molecule has 112 valence electrons. The van der Waals surface area contributed by atoms with Crippen LogP contribution in [0, 0.1) is 5.92 Å². The SMILES string of the molecule is CCCC1CCC(N)C(N(CC)Cc2ccncc2)C1. The maximum atomic E-state index is 6.41. The van der Waals surface area contributed by atoms with E-state index in [0.717, 1.165) is 19.0 Å². The van der Waals surface area contributed by atoms with Gasteiger partial charge < -0.3 is 5.73 Å². The molecular weight excluding hydrogens is 246 g/mol. The summed E-state index contributed by atoms with van der Waals surface area (Å²) in [6.45, 7) is 6.60. The van der Waals surface area contributed by atoms with Gasteiger partial charge in [-0.25, -0.2) is 0 Å². The highest BCUT2D eigenvalue weighted by atomic mass is 15.2. The first-order chi connectivity index (χ1) is 9.74. The van der Waals surface area contributed by atoms with Gasteiger partial charge in [0.15, 0.2) is 0 Å². The number of pyridine rings is 1. The summed E-state index contributed by atoms with van der Waals surface area (Å²) in [6.07, 6.45) is 10.2. The molecule has 0 amide bonds. The normalized spacial score (nSPS) is 26.9. The monoisotopic (exact) mass is 275 g/mol. The first-order valence-corrected chi connectivity index (χ1v) is 8.13. The summed E-state index contributed by atoms with van der Waals surface area (Å²) in [5.74, 6) is 0.872. The van der Waals surface area contributed by atoms with Crippen LogP contribution in [0.5, 0.6) is 0 Å². The molecule has 0 radical (unpaired) electrons. The molecule has 0 aromatic carbocycles. The quantitative estimate of drug-likeness (QED) is 0.867. The highest BCUT2D eigenvalue weighted by molar-refractivity contribution is 5.10. The van der Waals surface area contributed by atoms with E-state index in [-0.39, 0.29) is 0 Å². The molecule has 1 aromatic rings. The van der Waals surface area contributed by atoms with E-state index < -0.39 is 0 Å². The van der Waals surface area contributed by atoms with Gasteiger partial charge in [0.2, 0.25) is 0 Å². The number of hydrogen-bond acceptors (Lipinski definition) is 3. The Morgan fingerprint density at radius 1 is 1.25 bits per heavy atom. The van der Waals surface area contributed by atoms with Gasteiger partial charge in [-0.15, -0.1) is 0 Å². The third-order valence-electron chi connectivity index (χ3n) is 4.68. The second-order valence-electron chi connectivity index (χ2n) is 6.12. The second kappa shape index (κ2) is 7.75. The minimum atomic E-state index is 0.338. The lowest BCUT2D eigenvalue weighted by Crippen LogP contribution is -2.50. The van der Waals surface area contributed by atoms with Crippen molar-refractivity contribution in [1.82, 2.24) is 9.88 Å². The van der Waals surface area contributed by atoms with Gasteiger partial charge in [-0.05, 0) is 49.4 Å². The Morgan fingerprint density at radius 2 is 2.00 bits per heavy atom. The number of rotatable bonds is 6. The topological polar surface area (TPSA) is 42.1 Å². The van der Waals surface area contributed by atoms with Gasteiger partial charge in [0, 0.05) is 31.0 Å². The van der Waals surface area contributed by atoms with Crippen molar-refractivity contribution in [1.29, 1.82) is 0 Å². The molecular formula is C17H29N3. The van der Waals surface area contributed by atoms with Crippen LogP contribution in [0.2, 0.25) is 0 Å². The summed E-state index contributed by atoms with van der Waals surface area (Å²) in [7, 11) is 0. The predicted octanol–water partition coefficient (Wildman–Crippen LogP) is 3.20. The fraction of sp³-hybridized carbons (Fsp3) is 0.706. The summed E-state index contributed by atoms with van der Waals surface area (Å²) < 4.78 is 0. The lowest BCUT2D eigenvalue weighted by molar-refractivity contribution is 0.107. The molecule has 1 aromatic heterocycles. The van der Waals surface area contributed by atoms with E-state index in [4.69, 9.17) is 5.73 Å². The van der Waals surface area contributed by atoms with Gasteiger partial charge in [-0.2, -0.15) is 0 Å². The lowest BCUT2D eigenvalue weighted by atomic mass is 9.79. The van der Waals surface area contributed by atoms with Crippen LogP contribution in [0.25, 0.3) is 0 Å². The summed E-state index contributed by atoms with van der Waals surface area (Å²) in [6, 6.07) is 5.10. The van der Waals surface area contributed by atoms with E-state index in [9.17, 15) is 0 Å². The Bertz CT molecular complexity index is 379. The van der Waals surface area contributed by atoms with Gasteiger partial charge in [0.25, 0.3) is 0 Å². The van der Waals surface area contributed by atoms with E-state index in [1.54, 1.807) is 0 Å². The van der Waals surface area contributed by atoms with E-state index in [0.29, 0.717) is 12.1 Å². The molecule has 0 bridgehead atoms. The van der Waals surface area contributed by atoms with E-state index in [1.165, 1.54) is 37.7 Å². The first-order valence-electron chi connectivity index (χ1n) is 8.13. The number of nitrogens with zero attached hydrogens (tertiary/aromatic N) is 2. The van der Waals surface area contributed by atoms with Crippen LogP contribution in [0.3, 0.4) is 0 Å². The van der Waals surface area contributed by atoms with Crippen LogP contribution in [0.4, 0.5) is 0 Å². The molecule has 1 saturated carbocycles. The van der Waals surface area contributed by atoms with Gasteiger partial charge in [0.05, 0.1) is 0 Å². The average molecular weight is 275 g/mol. The van der Waals surface area contributed by atoms with Crippen molar-refractivity contribution < 1.29 is 0 Å². The maximum Gasteiger partial charge on any atom is 0.0271 e. The van der Waals surface area contributed by atoms with Crippen molar-refractivity contribution in [3.63, 3.8) is 0 Å². The molecule has 20 heavy (non-hydrogen) atoms. The molecule has 1 fully saturated rings. The third-order valence-corrected chi connectivity index (χ3v) is 4.68. The number of nitrogens with two attached hydrogens (primary N) is 1. The van der Waals surface area contributed by atoms with Crippen molar-refractivity contribution in [2.24, 2.45) is 11.7 Å². The molecule has 0 spiro atoms. The van der Waals surface area contributed by atoms with Crippen molar-refractivity contribution in [3.05, 3.63) is 30.1 Å². The second-order valence-corrected chi connectivity index (χ2v) is 6.12. The van der Waals surface area contributed by atoms with Crippen molar-refractivity contribution >= 4 is 0 Å². The smallest absolute Gasteiger partial charge is 0.0271 e. The Balaban J connectivity index is 2.01. The van der Waals surface area contributed by atoms with Crippen LogP contribution < -0.4 is 5.73 Å². The van der Waals surface area contributed by atoms with Crippen LogP contribution in [0.15, 0.2) is 24.5 Å². The van der Waals surface area contributed by atoms with Crippen molar-refractivity contribution in [2.45, 2.75) is 64.6 Å². The number of aromatic nitrogens is 1. The molecule has 3 atom stereocenters. The first kappa shape index (κ1) is 15.5. The Hall–Kier alpha value is -0.930. The lowest BCUT2D eigenvalue weighted by Gasteiger charge is -2.41. The molecule has 0 saturated heterocycles. The van der Waals surface area contributed by atoms with Gasteiger partial charge in [-0.3, -0.25) is 9.88 Å². The summed E-state index contributed by atoms with van der Waals surface area (Å²) in [4.78, 5) is 6.66. The molecule has 2 rings (SSSR count). The average Bonchev–Trinajstić information content (AvgIpc) is 2.48. The predicted molar refractivity (Wildman–Crippen MR) is 84.3 cm³/mol. The van der Waals surface area contributed by atoms with Crippen LogP contribution >= 0.6 is 0 Å². The minimum Gasteiger partial charge on any atom is -0.326 e. The molecule has 1 heterocycles. The van der Waals surface area contributed by atoms with Crippen molar-refractivity contribution in [3.8, 4) is 0 Å². The van der Waals surface area contributed by atoms with E-state index in [2.05, 4.69) is 35.9 Å². The maximum absolute atomic E-state index is 6.41. The highest BCUT2D eigenvalue weighted by Crippen LogP contribution is 2.30. The van der Waals surface area contributed by atoms with Gasteiger partial charge >= 0.3 is 0 Å². The molecule has 0 aliphatic heterocycles. The number of hydrogen-bond donors (Lipinski definition) is 1. The zero-order valence-electron chi connectivity index (χ0n) is 13.0. The van der Waals surface area contributed by atoms with E-state index >= 15 is 0 Å². The number of likely N-dealkylation sites (N-methyl/N-ethyl adjacent to an activating group) is 1. The summed E-state index contributed by atoms with van der Waals surface area (Å²) in [5, 5.41) is 0. The Morgan fingerprint density at radius 3 is 2.65 bits per heavy atom. The van der Waals surface area contributed by atoms with E-state index in [1.807, 2.05) is 12.4 Å². The molecule has 3 heteroatoms. The molecule has 1 aliphatic rings. The summed E-state index contributed by atoms with van der Waals surface area (Å²) in [5.41, 5.74) is 7.75. The van der Waals surface area contributed by atoms with Crippen LogP contribution in [-0.2, 0) is 6.54 Å². The zero-order valence-corrected chi connectivity index (χ0v) is 13.0. The fourth-order valence-electron chi connectivity index (χ4n) is 3.53. The fourth-order valence-corrected chi connectivity index (χ4v) is 3.53. The molecule has 2 N–H and O–H groups in total. The largest absolute Gasteiger partial charge is 0.326 e. The zero-order chi connectivity index (χ0) is 14.4. The third kappa shape index (κ3) is 4.03. The summed E-state index contributed by atoms with van der Waals surface area (Å²) >= 11 is 0. The molecule has 1 aliphatic carbocycles. The van der Waals surface area contributed by atoms with Crippen LogP contribution in [-0.4, -0.2) is 28.5 Å². The highest BCUT2D eigenvalue weighted by Gasteiger charge is 2.31. The van der Waals surface area contributed by atoms with Crippen LogP contribution in [0.1, 0.15) is 51.5 Å². The molecule has 3 unspecified atom stereocenters. The minimum absolute atomic E-state index is 0.338. The molecule has 3 nitrogen and oxygen atoms in total. The van der Waals surface area contributed by atoms with Gasteiger partial charge in [-0.1, -0.05) is 26.7 Å². The standard InChI is InChI=1S/C17H29N3/c1-3-5-14-6-7-16(18)17(12-14)20(4-2)13-15-8-10-19-11-9-15/h8-11,14,16-17H,3-7,12-13,18H2,1-2H3. The Labute approximate surface area is 123 Å². The van der Waals surface area contributed by atoms with Gasteiger partial charge in [0.1, 0.15) is 0 Å². The Kier molecular flexibility index (Phi) is 5.99. The van der Waals surface area contributed by atoms with Crippen molar-refractivity contribution in [2.75, 3.05) is 6.54 Å².